The van der Waals surface area contributed by atoms with Crippen LogP contribution in [-0.4, -0.2) is 24.9 Å². The molecule has 1 rings (SSSR count). The average Bonchev–Trinajstić information content (AvgIpc) is 2.53. The van der Waals surface area contributed by atoms with E-state index in [4.69, 9.17) is 28.9 Å². The Bertz CT molecular complexity index is 546. The quantitative estimate of drug-likeness (QED) is 0.708. The van der Waals surface area contributed by atoms with Gasteiger partial charge in [0.25, 0.3) is 0 Å². The molecule has 1 aromatic rings. The number of nitrogens with one attached hydrogen (secondary N) is 2. The molecule has 0 saturated heterocycles. The molecule has 0 aliphatic heterocycles. The highest BCUT2D eigenvalue weighted by Gasteiger charge is 2.30. The minimum absolute atomic E-state index is 0.112. The van der Waals surface area contributed by atoms with E-state index in [2.05, 4.69) is 10.6 Å². The highest BCUT2D eigenvalue weighted by atomic mass is 35.5. The second kappa shape index (κ2) is 8.36. The van der Waals surface area contributed by atoms with Gasteiger partial charge in [-0.15, -0.1) is 0 Å². The zero-order chi connectivity index (χ0) is 16.8. The van der Waals surface area contributed by atoms with E-state index in [0.717, 1.165) is 5.56 Å². The fourth-order valence-electron chi connectivity index (χ4n) is 2.26. The molecule has 0 heterocycles. The molecule has 7 heteroatoms. The summed E-state index contributed by atoms with van der Waals surface area (Å²) in [7, 11) is 0. The molecule has 0 aliphatic rings. The third-order valence-corrected chi connectivity index (χ3v) is 4.43. The Balaban J connectivity index is 2.93. The van der Waals surface area contributed by atoms with E-state index in [1.807, 2.05) is 19.9 Å². The summed E-state index contributed by atoms with van der Waals surface area (Å²) in [5.74, 6) is -0.653. The van der Waals surface area contributed by atoms with Gasteiger partial charge in [0.2, 0.25) is 11.8 Å². The Kier molecular flexibility index (Phi) is 7.13. The number of hydrogen-bond donors (Lipinski definition) is 3. The summed E-state index contributed by atoms with van der Waals surface area (Å²) in [6.07, 6.45) is 1.36. The van der Waals surface area contributed by atoms with Crippen LogP contribution in [0.25, 0.3) is 0 Å². The first-order chi connectivity index (χ1) is 10.4. The van der Waals surface area contributed by atoms with Crippen molar-refractivity contribution in [1.29, 1.82) is 0 Å². The first-order valence-electron chi connectivity index (χ1n) is 7.11. The molecule has 0 spiro atoms. The summed E-state index contributed by atoms with van der Waals surface area (Å²) in [5, 5.41) is 6.33. The lowest BCUT2D eigenvalue weighted by Gasteiger charge is -2.34. The molecule has 4 N–H and O–H groups in total. The molecule has 0 saturated carbocycles. The van der Waals surface area contributed by atoms with E-state index < -0.39 is 5.54 Å². The normalized spacial score (nSPS) is 11.1. The summed E-state index contributed by atoms with van der Waals surface area (Å²) in [5.41, 5.74) is 5.51. The number of amides is 2. The van der Waals surface area contributed by atoms with Crippen LogP contribution in [0.2, 0.25) is 10.0 Å². The fourth-order valence-corrected chi connectivity index (χ4v) is 2.56. The van der Waals surface area contributed by atoms with Crippen molar-refractivity contribution in [3.8, 4) is 0 Å². The Morgan fingerprint density at radius 1 is 1.14 bits per heavy atom. The van der Waals surface area contributed by atoms with Crippen molar-refractivity contribution in [2.45, 2.75) is 32.2 Å². The van der Waals surface area contributed by atoms with Crippen molar-refractivity contribution in [2.75, 3.05) is 13.1 Å². The molecule has 0 fully saturated rings. The van der Waals surface area contributed by atoms with Crippen LogP contribution in [0.15, 0.2) is 18.2 Å². The third kappa shape index (κ3) is 4.60. The zero-order valence-electron chi connectivity index (χ0n) is 12.7. The molecule has 1 aromatic carbocycles. The summed E-state index contributed by atoms with van der Waals surface area (Å²) in [6, 6.07) is 5.32. The van der Waals surface area contributed by atoms with Crippen molar-refractivity contribution >= 4 is 35.0 Å². The second-order valence-corrected chi connectivity index (χ2v) is 5.76. The largest absolute Gasteiger partial charge is 0.346 e. The third-order valence-electron chi connectivity index (χ3n) is 3.69. The maximum absolute atomic E-state index is 12.1. The van der Waals surface area contributed by atoms with Gasteiger partial charge >= 0.3 is 0 Å². The van der Waals surface area contributed by atoms with Crippen molar-refractivity contribution in [3.63, 3.8) is 0 Å². The van der Waals surface area contributed by atoms with Gasteiger partial charge in [-0.3, -0.25) is 9.59 Å². The van der Waals surface area contributed by atoms with Crippen LogP contribution < -0.4 is 16.4 Å². The molecule has 122 valence electrons. The van der Waals surface area contributed by atoms with Crippen LogP contribution in [0.1, 0.15) is 32.3 Å². The molecule has 5 nitrogen and oxygen atoms in total. The van der Waals surface area contributed by atoms with E-state index in [-0.39, 0.29) is 24.9 Å². The first-order valence-corrected chi connectivity index (χ1v) is 7.87. The molecule has 2 amide bonds. The first kappa shape index (κ1) is 18.7. The fraction of sp³-hybridized carbons (Fsp3) is 0.467. The lowest BCUT2D eigenvalue weighted by atomic mass is 9.84. The molecular formula is C15H21Cl2N3O2. The smallest absolute Gasteiger partial charge is 0.240 e. The SMILES string of the molecule is CCC(CC)(NC(=O)CNC(=O)CN)c1ccc(Cl)c(Cl)c1. The predicted octanol–water partition coefficient (Wildman–Crippen LogP) is 2.20. The molecule has 0 bridgehead atoms. The maximum Gasteiger partial charge on any atom is 0.240 e. The number of carbonyl (C=O) groups excluding carboxylic acids is 2. The van der Waals surface area contributed by atoms with Gasteiger partial charge in [0.05, 0.1) is 28.7 Å². The lowest BCUT2D eigenvalue weighted by Crippen LogP contribution is -2.49. The van der Waals surface area contributed by atoms with Crippen LogP contribution in [0.5, 0.6) is 0 Å². The van der Waals surface area contributed by atoms with Gasteiger partial charge in [-0.05, 0) is 30.5 Å². The molecule has 0 radical (unpaired) electrons. The standard InChI is InChI=1S/C15H21Cl2N3O2/c1-3-15(4-2,10-5-6-11(16)12(17)7-10)20-14(22)9-19-13(21)8-18/h5-7H,3-4,8-9,18H2,1-2H3,(H,19,21)(H,20,22). The number of carbonyl (C=O) groups is 2. The average molecular weight is 346 g/mol. The van der Waals surface area contributed by atoms with Crippen molar-refractivity contribution in [1.82, 2.24) is 10.6 Å². The van der Waals surface area contributed by atoms with Gasteiger partial charge < -0.3 is 16.4 Å². The summed E-state index contributed by atoms with van der Waals surface area (Å²) < 4.78 is 0. The van der Waals surface area contributed by atoms with Gasteiger partial charge in [0.15, 0.2) is 0 Å². The predicted molar refractivity (Wildman–Crippen MR) is 88.9 cm³/mol. The van der Waals surface area contributed by atoms with Crippen molar-refractivity contribution in [3.05, 3.63) is 33.8 Å². The van der Waals surface area contributed by atoms with Crippen LogP contribution in [0, 0.1) is 0 Å². The van der Waals surface area contributed by atoms with Gasteiger partial charge in [0.1, 0.15) is 0 Å². The van der Waals surface area contributed by atoms with Crippen molar-refractivity contribution in [2.24, 2.45) is 5.73 Å². The number of hydrogen-bond acceptors (Lipinski definition) is 3. The highest BCUT2D eigenvalue weighted by Crippen LogP contribution is 2.33. The Morgan fingerprint density at radius 3 is 2.27 bits per heavy atom. The molecule has 0 aliphatic carbocycles. The van der Waals surface area contributed by atoms with Crippen LogP contribution in [0.4, 0.5) is 0 Å². The van der Waals surface area contributed by atoms with Gasteiger partial charge in [-0.2, -0.15) is 0 Å². The van der Waals surface area contributed by atoms with E-state index in [1.165, 1.54) is 0 Å². The Labute approximate surface area is 140 Å². The van der Waals surface area contributed by atoms with Gasteiger partial charge in [-0.1, -0.05) is 43.1 Å². The van der Waals surface area contributed by atoms with Crippen LogP contribution >= 0.6 is 23.2 Å². The van der Waals surface area contributed by atoms with Gasteiger partial charge in [-0.25, -0.2) is 0 Å². The van der Waals surface area contributed by atoms with E-state index in [0.29, 0.717) is 22.9 Å². The Hall–Kier alpha value is -1.30. The lowest BCUT2D eigenvalue weighted by molar-refractivity contribution is -0.126. The molecule has 0 unspecified atom stereocenters. The molecular weight excluding hydrogens is 325 g/mol. The summed E-state index contributed by atoms with van der Waals surface area (Å²) in [4.78, 5) is 23.2. The van der Waals surface area contributed by atoms with E-state index in [1.54, 1.807) is 12.1 Å². The minimum atomic E-state index is -0.557. The van der Waals surface area contributed by atoms with Crippen molar-refractivity contribution < 1.29 is 9.59 Å². The van der Waals surface area contributed by atoms with Gasteiger partial charge in [0, 0.05) is 0 Å². The highest BCUT2D eigenvalue weighted by molar-refractivity contribution is 6.42. The number of nitrogens with two attached hydrogens (primary N) is 1. The Morgan fingerprint density at radius 2 is 1.77 bits per heavy atom. The summed E-state index contributed by atoms with van der Waals surface area (Å²) >= 11 is 12.0. The topological polar surface area (TPSA) is 84.2 Å². The molecule has 0 atom stereocenters. The summed E-state index contributed by atoms with van der Waals surface area (Å²) in [6.45, 7) is 3.70. The van der Waals surface area contributed by atoms with E-state index in [9.17, 15) is 9.59 Å². The number of rotatable bonds is 7. The molecule has 22 heavy (non-hydrogen) atoms. The maximum atomic E-state index is 12.1. The van der Waals surface area contributed by atoms with E-state index >= 15 is 0 Å². The minimum Gasteiger partial charge on any atom is -0.346 e. The zero-order valence-corrected chi connectivity index (χ0v) is 14.2. The molecule has 0 aromatic heterocycles. The number of benzene rings is 1. The second-order valence-electron chi connectivity index (χ2n) is 4.95. The van der Waals surface area contributed by atoms with Crippen LogP contribution in [0.3, 0.4) is 0 Å². The van der Waals surface area contributed by atoms with Crippen LogP contribution in [-0.2, 0) is 15.1 Å². The monoisotopic (exact) mass is 345 g/mol. The number of halogens is 2.